The lowest BCUT2D eigenvalue weighted by Crippen LogP contribution is -2.15. The number of amides is 1. The monoisotopic (exact) mass is 361 g/mol. The molecule has 0 unspecified atom stereocenters. The first-order chi connectivity index (χ1) is 10.4. The molecule has 0 radical (unpaired) electrons. The first-order valence-electron chi connectivity index (χ1n) is 7.21. The van der Waals surface area contributed by atoms with Crippen molar-refractivity contribution in [1.29, 1.82) is 0 Å². The maximum absolute atomic E-state index is 12.3. The van der Waals surface area contributed by atoms with E-state index in [1.807, 2.05) is 58.2 Å². The first kappa shape index (κ1) is 16.5. The topological polar surface area (TPSA) is 46.9 Å². The van der Waals surface area contributed by atoms with Crippen LogP contribution in [-0.4, -0.2) is 15.7 Å². The van der Waals surface area contributed by atoms with Gasteiger partial charge in [0.15, 0.2) is 0 Å². The molecule has 1 heterocycles. The Labute approximate surface area is 139 Å². The second kappa shape index (κ2) is 6.92. The van der Waals surface area contributed by atoms with Gasteiger partial charge in [0.05, 0.1) is 5.69 Å². The third-order valence-corrected chi connectivity index (χ3v) is 3.98. The summed E-state index contributed by atoms with van der Waals surface area (Å²) in [7, 11) is 1.84. The van der Waals surface area contributed by atoms with Gasteiger partial charge in [-0.15, -0.1) is 0 Å². The van der Waals surface area contributed by atoms with E-state index in [1.165, 1.54) is 0 Å². The summed E-state index contributed by atoms with van der Waals surface area (Å²) in [5.74, 6) is 0.622. The fourth-order valence-corrected chi connectivity index (χ4v) is 2.63. The van der Waals surface area contributed by atoms with Crippen LogP contribution in [0.1, 0.15) is 26.0 Å². The molecular weight excluding hydrogens is 342 g/mol. The van der Waals surface area contributed by atoms with E-state index in [9.17, 15) is 4.79 Å². The van der Waals surface area contributed by atoms with Gasteiger partial charge in [-0.2, -0.15) is 5.10 Å². The summed E-state index contributed by atoms with van der Waals surface area (Å²) in [5, 5.41) is 7.42. The predicted molar refractivity (Wildman–Crippen MR) is 93.8 cm³/mol. The smallest absolute Gasteiger partial charge is 0.252 e. The number of nitrogens with zero attached hydrogens (tertiary/aromatic N) is 2. The maximum Gasteiger partial charge on any atom is 0.252 e. The highest BCUT2D eigenvalue weighted by Gasteiger charge is 2.17. The van der Waals surface area contributed by atoms with Crippen molar-refractivity contribution in [2.75, 3.05) is 5.32 Å². The number of aryl methyl sites for hydroxylation is 2. The summed E-state index contributed by atoms with van der Waals surface area (Å²) in [6, 6.07) is 7.99. The van der Waals surface area contributed by atoms with Crippen molar-refractivity contribution in [2.45, 2.75) is 27.2 Å². The average molecular weight is 362 g/mol. The standard InChI is InChI=1S/C17H20BrN3O/c1-5-6-11(2)17(22)19-16-15(12(3)20-21(16)4)13-7-9-14(18)10-8-13/h6-10H,5H2,1-4H3,(H,19,22). The van der Waals surface area contributed by atoms with Crippen molar-refractivity contribution < 1.29 is 4.79 Å². The Morgan fingerprint density at radius 3 is 2.59 bits per heavy atom. The number of aromatic nitrogens is 2. The van der Waals surface area contributed by atoms with Crippen LogP contribution >= 0.6 is 15.9 Å². The molecule has 1 aromatic carbocycles. The second-order valence-corrected chi connectivity index (χ2v) is 6.10. The van der Waals surface area contributed by atoms with Gasteiger partial charge in [-0.3, -0.25) is 9.48 Å². The van der Waals surface area contributed by atoms with Crippen LogP contribution in [0.15, 0.2) is 40.4 Å². The summed E-state index contributed by atoms with van der Waals surface area (Å²) >= 11 is 3.44. The predicted octanol–water partition coefficient (Wildman–Crippen LogP) is 4.45. The molecule has 2 aromatic rings. The highest BCUT2D eigenvalue weighted by molar-refractivity contribution is 9.10. The number of allylic oxidation sites excluding steroid dienone is 1. The molecule has 0 aliphatic carbocycles. The molecule has 0 spiro atoms. The highest BCUT2D eigenvalue weighted by Crippen LogP contribution is 2.32. The van der Waals surface area contributed by atoms with Crippen molar-refractivity contribution in [3.63, 3.8) is 0 Å². The van der Waals surface area contributed by atoms with Gasteiger partial charge in [-0.25, -0.2) is 0 Å². The summed E-state index contributed by atoms with van der Waals surface area (Å²) in [5.41, 5.74) is 3.58. The van der Waals surface area contributed by atoms with Crippen molar-refractivity contribution in [2.24, 2.45) is 7.05 Å². The second-order valence-electron chi connectivity index (χ2n) is 5.19. The number of nitrogens with one attached hydrogen (secondary N) is 1. The molecule has 116 valence electrons. The van der Waals surface area contributed by atoms with Crippen LogP contribution in [0.4, 0.5) is 5.82 Å². The van der Waals surface area contributed by atoms with E-state index in [1.54, 1.807) is 4.68 Å². The molecule has 4 nitrogen and oxygen atoms in total. The number of carbonyl (C=O) groups excluding carboxylic acids is 1. The molecule has 1 N–H and O–H groups in total. The number of hydrogen-bond acceptors (Lipinski definition) is 2. The number of hydrogen-bond donors (Lipinski definition) is 1. The molecule has 0 fully saturated rings. The Morgan fingerprint density at radius 2 is 2.00 bits per heavy atom. The Bertz CT molecular complexity index is 714. The Hall–Kier alpha value is -1.88. The zero-order valence-electron chi connectivity index (χ0n) is 13.3. The van der Waals surface area contributed by atoms with Crippen molar-refractivity contribution >= 4 is 27.7 Å². The van der Waals surface area contributed by atoms with Gasteiger partial charge < -0.3 is 5.32 Å². The van der Waals surface area contributed by atoms with Gasteiger partial charge in [0.25, 0.3) is 5.91 Å². The number of halogens is 1. The minimum atomic E-state index is -0.0942. The fourth-order valence-electron chi connectivity index (χ4n) is 2.37. The van der Waals surface area contributed by atoms with Crippen LogP contribution < -0.4 is 5.32 Å². The lowest BCUT2D eigenvalue weighted by atomic mass is 10.1. The van der Waals surface area contributed by atoms with E-state index in [0.717, 1.165) is 27.7 Å². The molecule has 1 aromatic heterocycles. The van der Waals surface area contributed by atoms with Gasteiger partial charge in [0, 0.05) is 22.7 Å². The molecule has 22 heavy (non-hydrogen) atoms. The third kappa shape index (κ3) is 3.47. The van der Waals surface area contributed by atoms with Crippen molar-refractivity contribution in [1.82, 2.24) is 9.78 Å². The van der Waals surface area contributed by atoms with E-state index in [-0.39, 0.29) is 5.91 Å². The Kier molecular flexibility index (Phi) is 5.19. The third-order valence-electron chi connectivity index (χ3n) is 3.46. The summed E-state index contributed by atoms with van der Waals surface area (Å²) in [4.78, 5) is 12.3. The summed E-state index contributed by atoms with van der Waals surface area (Å²) < 4.78 is 2.73. The Balaban J connectivity index is 2.42. The number of rotatable bonds is 4. The maximum atomic E-state index is 12.3. The lowest BCUT2D eigenvalue weighted by molar-refractivity contribution is -0.112. The van der Waals surface area contributed by atoms with Gasteiger partial charge >= 0.3 is 0 Å². The fraction of sp³-hybridized carbons (Fsp3) is 0.294. The van der Waals surface area contributed by atoms with Crippen LogP contribution in [0.25, 0.3) is 11.1 Å². The number of anilines is 1. The number of benzene rings is 1. The van der Waals surface area contributed by atoms with Gasteiger partial charge in [0.2, 0.25) is 0 Å². The van der Waals surface area contributed by atoms with E-state index in [2.05, 4.69) is 26.3 Å². The number of carbonyl (C=O) groups is 1. The quantitative estimate of drug-likeness (QED) is 0.817. The largest absolute Gasteiger partial charge is 0.307 e. The molecule has 0 aliphatic rings. The van der Waals surface area contributed by atoms with E-state index >= 15 is 0 Å². The average Bonchev–Trinajstić information content (AvgIpc) is 2.74. The molecular formula is C17H20BrN3O. The zero-order chi connectivity index (χ0) is 16.3. The Morgan fingerprint density at radius 1 is 1.36 bits per heavy atom. The van der Waals surface area contributed by atoms with Crippen LogP contribution in [-0.2, 0) is 11.8 Å². The molecule has 0 aliphatic heterocycles. The van der Waals surface area contributed by atoms with Crippen LogP contribution in [0, 0.1) is 6.92 Å². The summed E-state index contributed by atoms with van der Waals surface area (Å²) in [6.07, 6.45) is 2.75. The SMILES string of the molecule is CCC=C(C)C(=O)Nc1c(-c2ccc(Br)cc2)c(C)nn1C. The molecule has 0 saturated carbocycles. The molecule has 1 amide bonds. The van der Waals surface area contributed by atoms with E-state index in [0.29, 0.717) is 11.4 Å². The van der Waals surface area contributed by atoms with Crippen LogP contribution in [0.5, 0.6) is 0 Å². The minimum Gasteiger partial charge on any atom is -0.307 e. The zero-order valence-corrected chi connectivity index (χ0v) is 14.9. The molecule has 0 bridgehead atoms. The molecule has 0 atom stereocenters. The van der Waals surface area contributed by atoms with Crippen LogP contribution in [0.2, 0.25) is 0 Å². The van der Waals surface area contributed by atoms with Crippen molar-refractivity contribution in [3.05, 3.63) is 46.1 Å². The van der Waals surface area contributed by atoms with Crippen LogP contribution in [0.3, 0.4) is 0 Å². The minimum absolute atomic E-state index is 0.0942. The first-order valence-corrected chi connectivity index (χ1v) is 8.01. The highest BCUT2D eigenvalue weighted by atomic mass is 79.9. The van der Waals surface area contributed by atoms with E-state index < -0.39 is 0 Å². The van der Waals surface area contributed by atoms with Crippen molar-refractivity contribution in [3.8, 4) is 11.1 Å². The van der Waals surface area contributed by atoms with Gasteiger partial charge in [0.1, 0.15) is 5.82 Å². The molecule has 2 rings (SSSR count). The van der Waals surface area contributed by atoms with E-state index in [4.69, 9.17) is 0 Å². The van der Waals surface area contributed by atoms with Gasteiger partial charge in [-0.1, -0.05) is 41.1 Å². The molecule has 5 heteroatoms. The lowest BCUT2D eigenvalue weighted by Gasteiger charge is -2.09. The van der Waals surface area contributed by atoms with Gasteiger partial charge in [-0.05, 0) is 38.0 Å². The molecule has 0 saturated heterocycles. The normalized spacial score (nSPS) is 11.6. The summed E-state index contributed by atoms with van der Waals surface area (Å²) in [6.45, 7) is 5.78.